The molecule has 2 aromatic heterocycles. The molecule has 3 aromatic rings. The molecule has 154 valence electrons. The molecule has 0 saturated carbocycles. The summed E-state index contributed by atoms with van der Waals surface area (Å²) >= 11 is 0. The van der Waals surface area contributed by atoms with E-state index in [-0.39, 0.29) is 5.91 Å². The highest BCUT2D eigenvalue weighted by Gasteiger charge is 2.21. The van der Waals surface area contributed by atoms with Gasteiger partial charge in [-0.3, -0.25) is 9.69 Å². The minimum Gasteiger partial charge on any atom is -0.381 e. The molecule has 1 aliphatic heterocycles. The van der Waals surface area contributed by atoms with Crippen LogP contribution in [0.25, 0.3) is 11.0 Å². The number of rotatable bonds is 5. The molecule has 1 saturated heterocycles. The lowest BCUT2D eigenvalue weighted by Gasteiger charge is -2.22. The zero-order chi connectivity index (χ0) is 20.9. The van der Waals surface area contributed by atoms with Crippen molar-refractivity contribution in [3.63, 3.8) is 0 Å². The predicted octanol–water partition coefficient (Wildman–Crippen LogP) is 3.26. The molecular weight excluding hydrogens is 376 g/mol. The van der Waals surface area contributed by atoms with Crippen molar-refractivity contribution in [1.29, 1.82) is 5.26 Å². The summed E-state index contributed by atoms with van der Waals surface area (Å²) in [5.74, 6) is -0.135. The molecule has 3 N–H and O–H groups in total. The maximum absolute atomic E-state index is 12.4. The Morgan fingerprint density at radius 3 is 2.87 bits per heavy atom. The highest BCUT2D eigenvalue weighted by molar-refractivity contribution is 6.06. The number of hydrogen-bond acceptors (Lipinski definition) is 5. The molecule has 30 heavy (non-hydrogen) atoms. The average Bonchev–Trinajstić information content (AvgIpc) is 3.16. The van der Waals surface area contributed by atoms with Crippen LogP contribution in [0, 0.1) is 11.3 Å². The summed E-state index contributed by atoms with van der Waals surface area (Å²) < 4.78 is 0. The number of nitrogens with one attached hydrogen (secondary N) is 3. The number of aromatic amines is 1. The van der Waals surface area contributed by atoms with Gasteiger partial charge in [0.2, 0.25) is 0 Å². The van der Waals surface area contributed by atoms with Gasteiger partial charge in [-0.25, -0.2) is 4.98 Å². The Morgan fingerprint density at radius 2 is 2.10 bits per heavy atom. The van der Waals surface area contributed by atoms with E-state index in [2.05, 4.69) is 31.6 Å². The van der Waals surface area contributed by atoms with Crippen molar-refractivity contribution >= 4 is 22.6 Å². The second kappa shape index (κ2) is 8.97. The van der Waals surface area contributed by atoms with Crippen LogP contribution in [0.3, 0.4) is 0 Å². The Balaban J connectivity index is 1.46. The third-order valence-corrected chi connectivity index (χ3v) is 5.72. The van der Waals surface area contributed by atoms with Gasteiger partial charge < -0.3 is 15.6 Å². The number of carbonyl (C=O) groups excluding carboxylic acids is 1. The lowest BCUT2D eigenvalue weighted by atomic mass is 10.1. The molecule has 3 heterocycles. The normalized spacial score (nSPS) is 17.3. The zero-order valence-electron chi connectivity index (χ0n) is 17.1. The van der Waals surface area contributed by atoms with Gasteiger partial charge in [0, 0.05) is 44.0 Å². The van der Waals surface area contributed by atoms with Crippen molar-refractivity contribution in [2.24, 2.45) is 0 Å². The largest absolute Gasteiger partial charge is 0.381 e. The number of nitriles is 1. The Kier molecular flexibility index (Phi) is 5.96. The molecule has 0 spiro atoms. The number of pyridine rings is 1. The number of amides is 1. The molecule has 7 heteroatoms. The fourth-order valence-electron chi connectivity index (χ4n) is 4.08. The van der Waals surface area contributed by atoms with Crippen LogP contribution in [0.15, 0.2) is 42.7 Å². The smallest absolute Gasteiger partial charge is 0.254 e. The number of hydrogen-bond donors (Lipinski definition) is 3. The molecule has 1 atom stereocenters. The first-order chi connectivity index (χ1) is 14.7. The maximum Gasteiger partial charge on any atom is 0.254 e. The van der Waals surface area contributed by atoms with Gasteiger partial charge in [0.1, 0.15) is 5.65 Å². The van der Waals surface area contributed by atoms with Crippen molar-refractivity contribution in [2.45, 2.75) is 31.8 Å². The van der Waals surface area contributed by atoms with Crippen LogP contribution in [0.5, 0.6) is 0 Å². The van der Waals surface area contributed by atoms with Crippen LogP contribution >= 0.6 is 0 Å². The van der Waals surface area contributed by atoms with E-state index in [0.717, 1.165) is 55.6 Å². The molecular formula is C23H26N6O. The van der Waals surface area contributed by atoms with Crippen LogP contribution in [0.4, 0.5) is 5.69 Å². The Morgan fingerprint density at radius 1 is 1.27 bits per heavy atom. The standard InChI is InChI=1S/C23H26N6O/c1-25-23(30)20-14-27-22-19(8-10-26-22)21(20)28-18-3-2-11-29(12-9-18)15-17-6-4-16(13-24)5-7-17/h4-8,10,14,18H,2-3,9,11-12,15H2,1H3,(H,25,30)(H2,26,27,28). The first-order valence-electron chi connectivity index (χ1n) is 10.3. The number of H-pyrrole nitrogens is 1. The molecule has 1 aromatic carbocycles. The first kappa shape index (κ1) is 19.9. The lowest BCUT2D eigenvalue weighted by molar-refractivity contribution is 0.0963. The topological polar surface area (TPSA) is 96.8 Å². The number of anilines is 1. The lowest BCUT2D eigenvalue weighted by Crippen LogP contribution is -2.27. The molecule has 7 nitrogen and oxygen atoms in total. The van der Waals surface area contributed by atoms with Crippen molar-refractivity contribution in [1.82, 2.24) is 20.2 Å². The third kappa shape index (κ3) is 4.29. The van der Waals surface area contributed by atoms with Gasteiger partial charge in [-0.05, 0) is 49.6 Å². The van der Waals surface area contributed by atoms with E-state index in [1.54, 1.807) is 13.2 Å². The molecule has 0 bridgehead atoms. The second-order valence-corrected chi connectivity index (χ2v) is 7.72. The summed E-state index contributed by atoms with van der Waals surface area (Å²) in [6, 6.07) is 12.3. The fraction of sp³-hybridized carbons (Fsp3) is 0.348. The van der Waals surface area contributed by atoms with Crippen molar-refractivity contribution < 1.29 is 4.79 Å². The highest BCUT2D eigenvalue weighted by Crippen LogP contribution is 2.28. The van der Waals surface area contributed by atoms with Gasteiger partial charge in [0.15, 0.2) is 0 Å². The summed E-state index contributed by atoms with van der Waals surface area (Å²) in [6.07, 6.45) is 6.62. The number of carbonyl (C=O) groups is 1. The average molecular weight is 403 g/mol. The molecule has 1 fully saturated rings. The minimum atomic E-state index is -0.135. The number of fused-ring (bicyclic) bond motifs is 1. The van der Waals surface area contributed by atoms with Crippen molar-refractivity contribution in [2.75, 3.05) is 25.5 Å². The van der Waals surface area contributed by atoms with E-state index >= 15 is 0 Å². The van der Waals surface area contributed by atoms with Gasteiger partial charge in [-0.1, -0.05) is 12.1 Å². The van der Waals surface area contributed by atoms with E-state index in [1.807, 2.05) is 36.5 Å². The summed E-state index contributed by atoms with van der Waals surface area (Å²) in [5, 5.41) is 16.3. The van der Waals surface area contributed by atoms with E-state index in [1.165, 1.54) is 5.56 Å². The molecule has 1 amide bonds. The maximum atomic E-state index is 12.4. The number of aromatic nitrogens is 2. The summed E-state index contributed by atoms with van der Waals surface area (Å²) in [4.78, 5) is 22.3. The molecule has 0 aliphatic carbocycles. The predicted molar refractivity (Wildman–Crippen MR) is 117 cm³/mol. The Hall–Kier alpha value is -3.37. The van der Waals surface area contributed by atoms with Crippen molar-refractivity contribution in [3.8, 4) is 6.07 Å². The number of benzene rings is 1. The van der Waals surface area contributed by atoms with E-state index < -0.39 is 0 Å². The number of likely N-dealkylation sites (tertiary alicyclic amines) is 1. The van der Waals surface area contributed by atoms with Crippen molar-refractivity contribution in [3.05, 3.63) is 59.4 Å². The highest BCUT2D eigenvalue weighted by atomic mass is 16.1. The van der Waals surface area contributed by atoms with Crippen LogP contribution in [0.2, 0.25) is 0 Å². The van der Waals surface area contributed by atoms with Crippen LogP contribution in [-0.2, 0) is 6.54 Å². The minimum absolute atomic E-state index is 0.135. The first-order valence-corrected chi connectivity index (χ1v) is 10.3. The third-order valence-electron chi connectivity index (χ3n) is 5.72. The van der Waals surface area contributed by atoms with Crippen LogP contribution < -0.4 is 10.6 Å². The fourth-order valence-corrected chi connectivity index (χ4v) is 4.08. The molecule has 1 aliphatic rings. The van der Waals surface area contributed by atoms with E-state index in [4.69, 9.17) is 5.26 Å². The molecule has 0 radical (unpaired) electrons. The SMILES string of the molecule is CNC(=O)c1cnc2[nH]ccc2c1NC1CCCN(Cc2ccc(C#N)cc2)CC1. The van der Waals surface area contributed by atoms with Gasteiger partial charge in [0.05, 0.1) is 22.9 Å². The zero-order valence-corrected chi connectivity index (χ0v) is 17.1. The Labute approximate surface area is 176 Å². The quantitative estimate of drug-likeness (QED) is 0.609. The van der Waals surface area contributed by atoms with Gasteiger partial charge >= 0.3 is 0 Å². The van der Waals surface area contributed by atoms with Crippen LogP contribution in [-0.4, -0.2) is 47.0 Å². The molecule has 1 unspecified atom stereocenters. The monoisotopic (exact) mass is 402 g/mol. The summed E-state index contributed by atoms with van der Waals surface area (Å²) in [5.41, 5.74) is 4.13. The molecule has 4 rings (SSSR count). The van der Waals surface area contributed by atoms with Crippen LogP contribution in [0.1, 0.15) is 40.7 Å². The summed E-state index contributed by atoms with van der Waals surface area (Å²) in [7, 11) is 1.64. The number of nitrogens with zero attached hydrogens (tertiary/aromatic N) is 3. The van der Waals surface area contributed by atoms with Gasteiger partial charge in [-0.2, -0.15) is 5.26 Å². The second-order valence-electron chi connectivity index (χ2n) is 7.72. The Bertz CT molecular complexity index is 1070. The van der Waals surface area contributed by atoms with Gasteiger partial charge in [0.25, 0.3) is 5.91 Å². The summed E-state index contributed by atoms with van der Waals surface area (Å²) in [6.45, 7) is 2.91. The van der Waals surface area contributed by atoms with E-state index in [0.29, 0.717) is 17.2 Å². The van der Waals surface area contributed by atoms with E-state index in [9.17, 15) is 4.79 Å². The van der Waals surface area contributed by atoms with Gasteiger partial charge in [-0.15, -0.1) is 0 Å².